The van der Waals surface area contributed by atoms with Gasteiger partial charge in [-0.2, -0.15) is 0 Å². The molecule has 0 radical (unpaired) electrons. The molecule has 0 aliphatic heterocycles. The summed E-state index contributed by atoms with van der Waals surface area (Å²) in [7, 11) is 0. The third kappa shape index (κ3) is 34.4. The third-order valence-electron chi connectivity index (χ3n) is 0.730. The molecule has 0 aliphatic rings. The van der Waals surface area contributed by atoms with E-state index in [4.69, 9.17) is 20.4 Å². The van der Waals surface area contributed by atoms with E-state index in [9.17, 15) is 0 Å². The van der Waals surface area contributed by atoms with E-state index >= 15 is 0 Å². The molecule has 66 valence electrons. The molecule has 0 saturated heterocycles. The van der Waals surface area contributed by atoms with E-state index in [1.165, 1.54) is 0 Å². The summed E-state index contributed by atoms with van der Waals surface area (Å²) in [6, 6.07) is 0. The zero-order valence-corrected chi connectivity index (χ0v) is 10.5. The van der Waals surface area contributed by atoms with E-state index < -0.39 is 12.6 Å². The molecule has 0 aromatic heterocycles. The first-order valence-corrected chi connectivity index (χ1v) is 3.26. The Balaban J connectivity index is -0.0000000457. The second-order valence-corrected chi connectivity index (χ2v) is 1.78. The third-order valence-corrected chi connectivity index (χ3v) is 0.730. The van der Waals surface area contributed by atoms with Gasteiger partial charge in [0.05, 0.1) is 0 Å². The van der Waals surface area contributed by atoms with Gasteiger partial charge in [-0.1, -0.05) is 13.8 Å². The summed E-state index contributed by atoms with van der Waals surface area (Å²) < 4.78 is 0. The van der Waals surface area contributed by atoms with Crippen LogP contribution in [0.3, 0.4) is 0 Å². The molecule has 4 N–H and O–H groups in total. The van der Waals surface area contributed by atoms with Crippen molar-refractivity contribution in [3.63, 3.8) is 0 Å². The van der Waals surface area contributed by atoms with Crippen molar-refractivity contribution in [3.05, 3.63) is 0 Å². The minimum absolute atomic E-state index is 0. The first-order chi connectivity index (χ1) is 4.54. The van der Waals surface area contributed by atoms with Crippen molar-refractivity contribution in [1.29, 1.82) is 0 Å². The molecule has 0 aliphatic carbocycles. The van der Waals surface area contributed by atoms with Crippen molar-refractivity contribution in [2.24, 2.45) is 0 Å². The normalized spacial score (nSPS) is 8.73. The Morgan fingerprint density at radius 1 is 0.909 bits per heavy atom. The molecule has 0 heterocycles. The van der Waals surface area contributed by atoms with E-state index in [0.29, 0.717) is 12.8 Å². The molecular weight excluding hydrogens is 175 g/mol. The van der Waals surface area contributed by atoms with E-state index in [1.54, 1.807) is 13.8 Å². The van der Waals surface area contributed by atoms with Crippen molar-refractivity contribution in [3.8, 4) is 0 Å². The van der Waals surface area contributed by atoms with Crippen molar-refractivity contribution >= 4 is 0 Å². The molecule has 0 amide bonds. The molecule has 0 atom stereocenters. The van der Waals surface area contributed by atoms with Gasteiger partial charge in [0.15, 0.2) is 12.6 Å². The van der Waals surface area contributed by atoms with Gasteiger partial charge in [0.25, 0.3) is 0 Å². The van der Waals surface area contributed by atoms with Crippen molar-refractivity contribution in [2.45, 2.75) is 39.3 Å². The summed E-state index contributed by atoms with van der Waals surface area (Å²) in [4.78, 5) is 0. The monoisotopic (exact) mass is 192 g/mol. The van der Waals surface area contributed by atoms with Crippen LogP contribution >= 0.6 is 0 Å². The molecule has 11 heavy (non-hydrogen) atoms. The zero-order valence-electron chi connectivity index (χ0n) is 8.36. The van der Waals surface area contributed by atoms with Crippen molar-refractivity contribution in [1.82, 2.24) is 0 Å². The number of hydrogen-bond donors (Lipinski definition) is 4. The molecule has 5 heteroatoms. The Bertz CT molecular complexity index is 55.5. The summed E-state index contributed by atoms with van der Waals surface area (Å²) >= 11 is 0. The van der Waals surface area contributed by atoms with Gasteiger partial charge in [0, 0.05) is 0 Å². The van der Waals surface area contributed by atoms with Crippen LogP contribution in [0.2, 0.25) is 0 Å². The van der Waals surface area contributed by atoms with Crippen molar-refractivity contribution in [2.75, 3.05) is 0 Å². The summed E-state index contributed by atoms with van der Waals surface area (Å²) in [5.41, 5.74) is 0. The average Bonchev–Trinajstić information content (AvgIpc) is 1.89. The first kappa shape index (κ1) is 18.3. The summed E-state index contributed by atoms with van der Waals surface area (Å²) in [5.74, 6) is 0. The minimum Gasteiger partial charge on any atom is -1.00 e. The second kappa shape index (κ2) is 14.0. The van der Waals surface area contributed by atoms with Crippen LogP contribution in [-0.4, -0.2) is 33.0 Å². The van der Waals surface area contributed by atoms with Gasteiger partial charge >= 0.3 is 51.4 Å². The number of hydrogen-bond acceptors (Lipinski definition) is 4. The van der Waals surface area contributed by atoms with Gasteiger partial charge in [-0.05, 0) is 12.8 Å². The molecule has 0 aromatic rings. The van der Waals surface area contributed by atoms with Crippen LogP contribution < -0.4 is 51.4 Å². The Morgan fingerprint density at radius 3 is 1.00 bits per heavy atom. The molecule has 0 bridgehead atoms. The van der Waals surface area contributed by atoms with Gasteiger partial charge < -0.3 is 21.9 Å². The fraction of sp³-hybridized carbons (Fsp3) is 1.00. The van der Waals surface area contributed by atoms with E-state index in [2.05, 4.69) is 0 Å². The molecule has 0 aromatic carbocycles. The Morgan fingerprint density at radius 2 is 1.00 bits per heavy atom. The molecule has 4 nitrogen and oxygen atoms in total. The van der Waals surface area contributed by atoms with Gasteiger partial charge in [-0.3, -0.25) is 0 Å². The van der Waals surface area contributed by atoms with Crippen molar-refractivity contribution < 1.29 is 73.2 Å². The molecule has 0 unspecified atom stereocenters. The van der Waals surface area contributed by atoms with Gasteiger partial charge in [-0.15, -0.1) is 0 Å². The smallest absolute Gasteiger partial charge is 1.00 e. The standard InChI is InChI=1S/2C3H8O2.K.H/c2*1-2-3(4)5;;/h2*3-5H,2H2,1H3;;/q;;+1;-1. The molecular formula is C6H17KO4. The topological polar surface area (TPSA) is 80.9 Å². The maximum absolute atomic E-state index is 7.92. The average molecular weight is 192 g/mol. The number of rotatable bonds is 2. The van der Waals surface area contributed by atoms with Crippen LogP contribution in [0.15, 0.2) is 0 Å². The second-order valence-electron chi connectivity index (χ2n) is 1.78. The van der Waals surface area contributed by atoms with Crippen LogP contribution in [-0.2, 0) is 0 Å². The van der Waals surface area contributed by atoms with Crippen LogP contribution in [0, 0.1) is 0 Å². The predicted octanol–water partition coefficient (Wildman–Crippen LogP) is -3.47. The predicted molar refractivity (Wildman–Crippen MR) is 38.1 cm³/mol. The van der Waals surface area contributed by atoms with Crippen LogP contribution in [0.4, 0.5) is 0 Å². The first-order valence-electron chi connectivity index (χ1n) is 3.26. The van der Waals surface area contributed by atoms with Crippen LogP contribution in [0.1, 0.15) is 28.1 Å². The molecule has 0 rings (SSSR count). The quantitative estimate of drug-likeness (QED) is 0.271. The van der Waals surface area contributed by atoms with E-state index in [0.717, 1.165) is 0 Å². The summed E-state index contributed by atoms with van der Waals surface area (Å²) in [6.07, 6.45) is -1.40. The van der Waals surface area contributed by atoms with Gasteiger partial charge in [0.2, 0.25) is 0 Å². The zero-order chi connectivity index (χ0) is 8.57. The van der Waals surface area contributed by atoms with E-state index in [-0.39, 0.29) is 52.8 Å². The minimum atomic E-state index is -1.12. The number of aliphatic hydroxyl groups is 4. The largest absolute Gasteiger partial charge is 1.00 e. The van der Waals surface area contributed by atoms with Crippen LogP contribution in [0.5, 0.6) is 0 Å². The van der Waals surface area contributed by atoms with Crippen LogP contribution in [0.25, 0.3) is 0 Å². The fourth-order valence-corrected chi connectivity index (χ4v) is 0. The Labute approximate surface area is 111 Å². The molecule has 0 fully saturated rings. The molecule has 0 spiro atoms. The maximum Gasteiger partial charge on any atom is 1.00 e. The summed E-state index contributed by atoms with van der Waals surface area (Å²) in [5, 5.41) is 31.7. The Hall–Kier alpha value is 1.48. The maximum atomic E-state index is 7.92. The SMILES string of the molecule is CCC(O)O.CCC(O)O.[H-].[K+]. The van der Waals surface area contributed by atoms with E-state index in [1.807, 2.05) is 0 Å². The Kier molecular flexibility index (Phi) is 23.3. The number of aliphatic hydroxyl groups excluding tert-OH is 2. The fourth-order valence-electron chi connectivity index (χ4n) is 0. The van der Waals surface area contributed by atoms with Gasteiger partial charge in [0.1, 0.15) is 0 Å². The molecule has 0 saturated carbocycles. The van der Waals surface area contributed by atoms with Gasteiger partial charge in [-0.25, -0.2) is 0 Å². The summed E-state index contributed by atoms with van der Waals surface area (Å²) in [6.45, 7) is 3.40.